The van der Waals surface area contributed by atoms with Gasteiger partial charge in [-0.15, -0.1) is 0 Å². The van der Waals surface area contributed by atoms with Crippen LogP contribution < -0.4 is 14.4 Å². The van der Waals surface area contributed by atoms with Crippen LogP contribution in [-0.2, 0) is 10.8 Å². The third kappa shape index (κ3) is 3.40. The second kappa shape index (κ2) is 6.78. The molecule has 3 heteroatoms. The Morgan fingerprint density at radius 2 is 1.78 bits per heavy atom. The first kappa shape index (κ1) is 19.6. The summed E-state index contributed by atoms with van der Waals surface area (Å²) in [6, 6.07) is 10.7. The van der Waals surface area contributed by atoms with Gasteiger partial charge in [0.15, 0.2) is 0 Å². The fourth-order valence-corrected chi connectivity index (χ4v) is 4.16. The Balaban J connectivity index is 2.22. The van der Waals surface area contributed by atoms with Gasteiger partial charge in [0.25, 0.3) is 0 Å². The second-order valence-electron chi connectivity index (χ2n) is 9.14. The van der Waals surface area contributed by atoms with Crippen molar-refractivity contribution in [2.45, 2.75) is 59.3 Å². The molecule has 2 aromatic carbocycles. The number of hydrogen-bond acceptors (Lipinski definition) is 3. The molecule has 0 N–H and O–H groups in total. The fourth-order valence-electron chi connectivity index (χ4n) is 4.16. The molecule has 146 valence electrons. The SMILES string of the molecule is CCN(c1ccc(OC)cc1)c1cc2c(c(C(C)(C)C)c1C)OCC2(C)C. The molecule has 0 unspecified atom stereocenters. The zero-order chi connectivity index (χ0) is 20.0. The molecule has 0 amide bonds. The Labute approximate surface area is 164 Å². The Morgan fingerprint density at radius 3 is 2.30 bits per heavy atom. The van der Waals surface area contributed by atoms with E-state index in [0.29, 0.717) is 0 Å². The summed E-state index contributed by atoms with van der Waals surface area (Å²) >= 11 is 0. The van der Waals surface area contributed by atoms with Crippen LogP contribution in [0.5, 0.6) is 11.5 Å². The highest BCUT2D eigenvalue weighted by Crippen LogP contribution is 2.49. The molecule has 0 radical (unpaired) electrons. The molecule has 3 rings (SSSR count). The molecule has 0 aliphatic carbocycles. The van der Waals surface area contributed by atoms with E-state index in [2.05, 4.69) is 71.6 Å². The van der Waals surface area contributed by atoms with Gasteiger partial charge in [-0.3, -0.25) is 0 Å². The minimum atomic E-state index is 0.0178. The number of hydrogen-bond donors (Lipinski definition) is 0. The van der Waals surface area contributed by atoms with Crippen molar-refractivity contribution in [1.29, 1.82) is 0 Å². The predicted molar refractivity (Wildman–Crippen MR) is 114 cm³/mol. The number of rotatable bonds is 4. The highest BCUT2D eigenvalue weighted by Gasteiger charge is 2.38. The summed E-state index contributed by atoms with van der Waals surface area (Å²) < 4.78 is 11.6. The van der Waals surface area contributed by atoms with Gasteiger partial charge in [0, 0.05) is 34.5 Å². The molecule has 0 aromatic heterocycles. The van der Waals surface area contributed by atoms with E-state index in [4.69, 9.17) is 9.47 Å². The van der Waals surface area contributed by atoms with Crippen LogP contribution in [0.4, 0.5) is 11.4 Å². The molecular formula is C24H33NO2. The smallest absolute Gasteiger partial charge is 0.127 e. The molecule has 3 nitrogen and oxygen atoms in total. The van der Waals surface area contributed by atoms with Crippen LogP contribution in [0.2, 0.25) is 0 Å². The lowest BCUT2D eigenvalue weighted by atomic mass is 9.77. The van der Waals surface area contributed by atoms with Gasteiger partial charge in [0.2, 0.25) is 0 Å². The maximum Gasteiger partial charge on any atom is 0.127 e. The Kier molecular flexibility index (Phi) is 4.92. The summed E-state index contributed by atoms with van der Waals surface area (Å²) in [5.74, 6) is 1.98. The third-order valence-electron chi connectivity index (χ3n) is 5.56. The first-order chi connectivity index (χ1) is 12.6. The zero-order valence-electron chi connectivity index (χ0n) is 18.1. The van der Waals surface area contributed by atoms with Crippen molar-refractivity contribution in [2.75, 3.05) is 25.2 Å². The number of benzene rings is 2. The monoisotopic (exact) mass is 367 g/mol. The predicted octanol–water partition coefficient (Wildman–Crippen LogP) is 6.13. The van der Waals surface area contributed by atoms with E-state index >= 15 is 0 Å². The third-order valence-corrected chi connectivity index (χ3v) is 5.56. The molecule has 27 heavy (non-hydrogen) atoms. The van der Waals surface area contributed by atoms with Gasteiger partial charge < -0.3 is 14.4 Å². The maximum absolute atomic E-state index is 6.22. The minimum absolute atomic E-state index is 0.0178. The van der Waals surface area contributed by atoms with E-state index in [1.54, 1.807) is 7.11 Å². The Bertz CT molecular complexity index is 829. The van der Waals surface area contributed by atoms with Crippen LogP contribution >= 0.6 is 0 Å². The van der Waals surface area contributed by atoms with E-state index < -0.39 is 0 Å². The molecule has 0 saturated carbocycles. The lowest BCUT2D eigenvalue weighted by molar-refractivity contribution is 0.286. The highest BCUT2D eigenvalue weighted by molar-refractivity contribution is 5.73. The standard InChI is InChI=1S/C24H33NO2/c1-9-25(17-10-12-18(26-8)13-11-17)20-14-19-22(27-15-24(19,6)7)21(16(20)2)23(3,4)5/h10-14H,9,15H2,1-8H3. The summed E-state index contributed by atoms with van der Waals surface area (Å²) in [6.45, 7) is 17.4. The topological polar surface area (TPSA) is 21.7 Å². The van der Waals surface area contributed by atoms with Crippen molar-refractivity contribution in [3.05, 3.63) is 47.0 Å². The van der Waals surface area contributed by atoms with E-state index in [9.17, 15) is 0 Å². The second-order valence-corrected chi connectivity index (χ2v) is 9.14. The lowest BCUT2D eigenvalue weighted by Crippen LogP contribution is -2.22. The average molecular weight is 368 g/mol. The summed E-state index contributed by atoms with van der Waals surface area (Å²) in [4.78, 5) is 2.39. The summed E-state index contributed by atoms with van der Waals surface area (Å²) in [5, 5.41) is 0. The van der Waals surface area contributed by atoms with E-state index in [1.165, 1.54) is 28.1 Å². The average Bonchev–Trinajstić information content (AvgIpc) is 2.90. The molecular weight excluding hydrogens is 334 g/mol. The number of methoxy groups -OCH3 is 1. The summed E-state index contributed by atoms with van der Waals surface area (Å²) in [5.41, 5.74) is 6.44. The number of fused-ring (bicyclic) bond motifs is 1. The molecule has 1 heterocycles. The van der Waals surface area contributed by atoms with Gasteiger partial charge in [-0.05, 0) is 55.2 Å². The largest absolute Gasteiger partial charge is 0.497 e. The lowest BCUT2D eigenvalue weighted by Gasteiger charge is -2.32. The normalized spacial score (nSPS) is 15.3. The summed E-state index contributed by atoms with van der Waals surface area (Å²) in [6.07, 6.45) is 0. The van der Waals surface area contributed by atoms with Crippen molar-refractivity contribution in [2.24, 2.45) is 0 Å². The molecule has 0 spiro atoms. The first-order valence-electron chi connectivity index (χ1n) is 9.83. The molecule has 1 aliphatic heterocycles. The van der Waals surface area contributed by atoms with Crippen LogP contribution in [0, 0.1) is 6.92 Å². The minimum Gasteiger partial charge on any atom is -0.497 e. The molecule has 1 aliphatic rings. The van der Waals surface area contributed by atoms with Crippen molar-refractivity contribution in [3.63, 3.8) is 0 Å². The summed E-state index contributed by atoms with van der Waals surface area (Å²) in [7, 11) is 1.70. The zero-order valence-corrected chi connectivity index (χ0v) is 18.1. The first-order valence-corrected chi connectivity index (χ1v) is 9.83. The van der Waals surface area contributed by atoms with Gasteiger partial charge in [-0.2, -0.15) is 0 Å². The maximum atomic E-state index is 6.22. The van der Waals surface area contributed by atoms with Crippen molar-refractivity contribution < 1.29 is 9.47 Å². The highest BCUT2D eigenvalue weighted by atomic mass is 16.5. The molecule has 0 saturated heterocycles. The molecule has 0 bridgehead atoms. The van der Waals surface area contributed by atoms with Gasteiger partial charge in [-0.25, -0.2) is 0 Å². The van der Waals surface area contributed by atoms with Gasteiger partial charge in [0.05, 0.1) is 13.7 Å². The van der Waals surface area contributed by atoms with Gasteiger partial charge >= 0.3 is 0 Å². The van der Waals surface area contributed by atoms with Crippen LogP contribution in [0.3, 0.4) is 0 Å². The van der Waals surface area contributed by atoms with E-state index in [0.717, 1.165) is 24.7 Å². The van der Waals surface area contributed by atoms with Crippen molar-refractivity contribution in [1.82, 2.24) is 0 Å². The van der Waals surface area contributed by atoms with Crippen molar-refractivity contribution >= 4 is 11.4 Å². The van der Waals surface area contributed by atoms with E-state index in [-0.39, 0.29) is 10.8 Å². The number of anilines is 2. The van der Waals surface area contributed by atoms with Gasteiger partial charge in [0.1, 0.15) is 11.5 Å². The Hall–Kier alpha value is -2.16. The fraction of sp³-hybridized carbons (Fsp3) is 0.500. The van der Waals surface area contributed by atoms with Crippen LogP contribution in [0.1, 0.15) is 58.2 Å². The Morgan fingerprint density at radius 1 is 1.15 bits per heavy atom. The molecule has 2 aromatic rings. The quantitative estimate of drug-likeness (QED) is 0.649. The molecule has 0 fully saturated rings. The van der Waals surface area contributed by atoms with Crippen LogP contribution in [0.25, 0.3) is 0 Å². The van der Waals surface area contributed by atoms with Gasteiger partial charge in [-0.1, -0.05) is 34.6 Å². The van der Waals surface area contributed by atoms with E-state index in [1.807, 2.05) is 12.1 Å². The van der Waals surface area contributed by atoms with Crippen LogP contribution in [0.15, 0.2) is 30.3 Å². The van der Waals surface area contributed by atoms with Crippen LogP contribution in [-0.4, -0.2) is 20.3 Å². The number of nitrogens with zero attached hydrogens (tertiary/aromatic N) is 1. The molecule has 0 atom stereocenters. The van der Waals surface area contributed by atoms with Crippen molar-refractivity contribution in [3.8, 4) is 11.5 Å². The number of ether oxygens (including phenoxy) is 2.